The van der Waals surface area contributed by atoms with E-state index in [9.17, 15) is 4.79 Å². The van der Waals surface area contributed by atoms with Gasteiger partial charge in [0.25, 0.3) is 5.56 Å². The SMILES string of the molecule is CC[C@@H](c1nnnn1CCOC)N(Cc1ccccc1OC)Cc1cc2cc(OC)ccc2[nH]c1=O. The molecule has 36 heavy (non-hydrogen) atoms. The van der Waals surface area contributed by atoms with Gasteiger partial charge in [0, 0.05) is 42.2 Å². The summed E-state index contributed by atoms with van der Waals surface area (Å²) in [5.41, 5.74) is 2.27. The molecular weight excluding hydrogens is 460 g/mol. The molecule has 1 N–H and O–H groups in total. The average molecular weight is 493 g/mol. The van der Waals surface area contributed by atoms with Crippen LogP contribution in [0.3, 0.4) is 0 Å². The zero-order valence-corrected chi connectivity index (χ0v) is 21.1. The Morgan fingerprint density at radius 1 is 1.03 bits per heavy atom. The number of para-hydroxylation sites is 1. The van der Waals surface area contributed by atoms with Gasteiger partial charge in [0.2, 0.25) is 0 Å². The Hall–Kier alpha value is -3.76. The standard InChI is InChI=1S/C26H32N6O4/c1-5-23(25-28-29-30-32(25)12-13-34-2)31(16-18-8-6-7-9-24(18)36-4)17-20-14-19-15-21(35-3)10-11-22(19)27-26(20)33/h6-11,14-15,23H,5,12-13,16-17H2,1-4H3,(H,27,33)/t23-/m0/s1. The number of methoxy groups -OCH3 is 3. The molecule has 0 radical (unpaired) electrons. The Kier molecular flexibility index (Phi) is 8.29. The van der Waals surface area contributed by atoms with Gasteiger partial charge in [-0.1, -0.05) is 25.1 Å². The zero-order valence-electron chi connectivity index (χ0n) is 21.1. The van der Waals surface area contributed by atoms with Gasteiger partial charge in [0.1, 0.15) is 11.5 Å². The van der Waals surface area contributed by atoms with Gasteiger partial charge in [-0.15, -0.1) is 5.10 Å². The first-order chi connectivity index (χ1) is 17.6. The van der Waals surface area contributed by atoms with Gasteiger partial charge < -0.3 is 19.2 Å². The number of hydrogen-bond acceptors (Lipinski definition) is 8. The first kappa shape index (κ1) is 25.3. The van der Waals surface area contributed by atoms with Gasteiger partial charge in [-0.25, -0.2) is 4.68 Å². The number of tetrazole rings is 1. The molecule has 0 fully saturated rings. The molecule has 0 unspecified atom stereocenters. The van der Waals surface area contributed by atoms with Crippen LogP contribution in [-0.4, -0.2) is 58.0 Å². The third-order valence-electron chi connectivity index (χ3n) is 6.26. The second kappa shape index (κ2) is 11.8. The largest absolute Gasteiger partial charge is 0.497 e. The Morgan fingerprint density at radius 2 is 1.83 bits per heavy atom. The maximum atomic E-state index is 13.1. The van der Waals surface area contributed by atoms with Crippen LogP contribution in [0.2, 0.25) is 0 Å². The molecule has 2 aromatic heterocycles. The second-order valence-corrected chi connectivity index (χ2v) is 8.47. The van der Waals surface area contributed by atoms with Crippen molar-refractivity contribution in [2.45, 2.75) is 39.0 Å². The summed E-state index contributed by atoms with van der Waals surface area (Å²) in [6, 6.07) is 15.3. The van der Waals surface area contributed by atoms with Crippen LogP contribution in [-0.2, 0) is 24.4 Å². The van der Waals surface area contributed by atoms with E-state index < -0.39 is 0 Å². The van der Waals surface area contributed by atoms with E-state index in [-0.39, 0.29) is 11.6 Å². The van der Waals surface area contributed by atoms with Crippen molar-refractivity contribution < 1.29 is 14.2 Å². The molecule has 0 aliphatic carbocycles. The van der Waals surface area contributed by atoms with Crippen molar-refractivity contribution in [3.63, 3.8) is 0 Å². The van der Waals surface area contributed by atoms with Crippen molar-refractivity contribution in [2.75, 3.05) is 27.9 Å². The van der Waals surface area contributed by atoms with Gasteiger partial charge >= 0.3 is 0 Å². The molecule has 4 rings (SSSR count). The lowest BCUT2D eigenvalue weighted by atomic mass is 10.1. The summed E-state index contributed by atoms with van der Waals surface area (Å²) < 4.78 is 18.0. The Balaban J connectivity index is 1.76. The van der Waals surface area contributed by atoms with Gasteiger partial charge in [-0.05, 0) is 47.2 Å². The van der Waals surface area contributed by atoms with Crippen LogP contribution in [0, 0.1) is 0 Å². The number of aromatic amines is 1. The number of hydrogen-bond donors (Lipinski definition) is 1. The highest BCUT2D eigenvalue weighted by atomic mass is 16.5. The lowest BCUT2D eigenvalue weighted by Gasteiger charge is -2.30. The summed E-state index contributed by atoms with van der Waals surface area (Å²) in [6.07, 6.45) is 0.738. The maximum Gasteiger partial charge on any atom is 0.252 e. The summed E-state index contributed by atoms with van der Waals surface area (Å²) in [5.74, 6) is 2.24. The van der Waals surface area contributed by atoms with Crippen LogP contribution in [0.5, 0.6) is 11.5 Å². The van der Waals surface area contributed by atoms with Crippen LogP contribution in [0.4, 0.5) is 0 Å². The highest BCUT2D eigenvalue weighted by molar-refractivity contribution is 5.80. The van der Waals surface area contributed by atoms with Crippen molar-refractivity contribution in [2.24, 2.45) is 0 Å². The van der Waals surface area contributed by atoms with Gasteiger partial charge in [-0.2, -0.15) is 0 Å². The average Bonchev–Trinajstić information content (AvgIpc) is 3.36. The summed E-state index contributed by atoms with van der Waals surface area (Å²) in [6.45, 7) is 4.04. The number of pyridine rings is 1. The molecule has 0 aliphatic heterocycles. The Labute approximate surface area is 209 Å². The van der Waals surface area contributed by atoms with Crippen LogP contribution in [0.1, 0.15) is 36.3 Å². The Bertz CT molecular complexity index is 1350. The van der Waals surface area contributed by atoms with E-state index in [2.05, 4.69) is 32.3 Å². The molecule has 10 nitrogen and oxygen atoms in total. The predicted octanol–water partition coefficient (Wildman–Crippen LogP) is 3.33. The van der Waals surface area contributed by atoms with Crippen molar-refractivity contribution in [1.82, 2.24) is 30.1 Å². The predicted molar refractivity (Wildman–Crippen MR) is 136 cm³/mol. The normalized spacial score (nSPS) is 12.2. The first-order valence-corrected chi connectivity index (χ1v) is 11.9. The molecule has 1 atom stereocenters. The molecule has 0 spiro atoms. The molecule has 0 bridgehead atoms. The topological polar surface area (TPSA) is 107 Å². The van der Waals surface area contributed by atoms with E-state index in [1.807, 2.05) is 48.5 Å². The lowest BCUT2D eigenvalue weighted by Crippen LogP contribution is -2.32. The van der Waals surface area contributed by atoms with Gasteiger partial charge in [0.05, 0.1) is 33.4 Å². The number of nitrogens with zero attached hydrogens (tertiary/aromatic N) is 5. The number of aromatic nitrogens is 5. The highest BCUT2D eigenvalue weighted by Crippen LogP contribution is 2.29. The maximum absolute atomic E-state index is 13.1. The number of H-pyrrole nitrogens is 1. The van der Waals surface area contributed by atoms with E-state index in [0.29, 0.717) is 31.8 Å². The number of nitrogens with one attached hydrogen (secondary N) is 1. The molecule has 4 aromatic rings. The van der Waals surface area contributed by atoms with Crippen LogP contribution in [0.25, 0.3) is 10.9 Å². The summed E-state index contributed by atoms with van der Waals surface area (Å²) in [7, 11) is 4.94. The van der Waals surface area contributed by atoms with E-state index in [1.54, 1.807) is 26.0 Å². The number of rotatable bonds is 12. The van der Waals surface area contributed by atoms with E-state index >= 15 is 0 Å². The third-order valence-corrected chi connectivity index (χ3v) is 6.26. The fraction of sp³-hybridized carbons (Fsp3) is 0.385. The minimum atomic E-state index is -0.151. The van der Waals surface area contributed by atoms with Crippen molar-refractivity contribution in [1.29, 1.82) is 0 Å². The van der Waals surface area contributed by atoms with Crippen LogP contribution in [0.15, 0.2) is 53.3 Å². The fourth-order valence-corrected chi connectivity index (χ4v) is 4.41. The lowest BCUT2D eigenvalue weighted by molar-refractivity contribution is 0.149. The molecular formula is C26H32N6O4. The minimum Gasteiger partial charge on any atom is -0.497 e. The summed E-state index contributed by atoms with van der Waals surface area (Å²) >= 11 is 0. The number of ether oxygens (including phenoxy) is 3. The van der Waals surface area contributed by atoms with Crippen molar-refractivity contribution >= 4 is 10.9 Å². The van der Waals surface area contributed by atoms with Gasteiger partial charge in [0.15, 0.2) is 5.82 Å². The van der Waals surface area contributed by atoms with Crippen molar-refractivity contribution in [3.05, 3.63) is 75.8 Å². The second-order valence-electron chi connectivity index (χ2n) is 8.47. The highest BCUT2D eigenvalue weighted by Gasteiger charge is 2.26. The third kappa shape index (κ3) is 5.55. The molecule has 2 heterocycles. The van der Waals surface area contributed by atoms with E-state index in [0.717, 1.165) is 40.2 Å². The van der Waals surface area contributed by atoms with E-state index in [4.69, 9.17) is 14.2 Å². The van der Waals surface area contributed by atoms with E-state index in [1.165, 1.54) is 0 Å². The molecule has 0 saturated heterocycles. The quantitative estimate of drug-likeness (QED) is 0.321. The Morgan fingerprint density at radius 3 is 2.58 bits per heavy atom. The molecule has 0 saturated carbocycles. The number of benzene rings is 2. The van der Waals surface area contributed by atoms with Crippen LogP contribution >= 0.6 is 0 Å². The smallest absolute Gasteiger partial charge is 0.252 e. The summed E-state index contributed by atoms with van der Waals surface area (Å²) in [5, 5.41) is 13.4. The molecule has 0 amide bonds. The molecule has 10 heteroatoms. The van der Waals surface area contributed by atoms with Crippen LogP contribution < -0.4 is 15.0 Å². The summed E-state index contributed by atoms with van der Waals surface area (Å²) in [4.78, 5) is 18.3. The molecule has 190 valence electrons. The number of fused-ring (bicyclic) bond motifs is 1. The first-order valence-electron chi connectivity index (χ1n) is 11.9. The monoisotopic (exact) mass is 492 g/mol. The zero-order chi connectivity index (χ0) is 25.5. The van der Waals surface area contributed by atoms with Gasteiger partial charge in [-0.3, -0.25) is 9.69 Å². The van der Waals surface area contributed by atoms with Crippen molar-refractivity contribution in [3.8, 4) is 11.5 Å². The minimum absolute atomic E-state index is 0.133. The molecule has 0 aliphatic rings. The molecule has 2 aromatic carbocycles. The fourth-order valence-electron chi connectivity index (χ4n) is 4.41.